The van der Waals surface area contributed by atoms with Crippen molar-refractivity contribution >= 4 is 28.2 Å². The monoisotopic (exact) mass is 554 g/mol. The number of carbonyl (C=O) groups excluding carboxylic acids is 1. The van der Waals surface area contributed by atoms with E-state index in [4.69, 9.17) is 20.6 Å². The fourth-order valence-electron chi connectivity index (χ4n) is 4.73. The van der Waals surface area contributed by atoms with E-state index in [1.807, 2.05) is 24.3 Å². The van der Waals surface area contributed by atoms with Gasteiger partial charge in [-0.05, 0) is 50.2 Å². The van der Waals surface area contributed by atoms with Gasteiger partial charge in [-0.1, -0.05) is 12.1 Å². The molecule has 1 fully saturated rings. The Labute approximate surface area is 228 Å². The topological polar surface area (TPSA) is 124 Å². The Kier molecular flexibility index (Phi) is 7.28. The van der Waals surface area contributed by atoms with Gasteiger partial charge in [0.2, 0.25) is 5.89 Å². The predicted octanol–water partition coefficient (Wildman–Crippen LogP) is 4.70. The Morgan fingerprint density at radius 3 is 2.42 bits per heavy atom. The van der Waals surface area contributed by atoms with E-state index >= 15 is 0 Å². The molecule has 4 N–H and O–H groups in total. The van der Waals surface area contributed by atoms with Crippen LogP contribution >= 0.6 is 0 Å². The Balaban J connectivity index is 1.46. The number of rotatable bonds is 6. The molecule has 1 aliphatic rings. The molecule has 1 saturated heterocycles. The summed E-state index contributed by atoms with van der Waals surface area (Å²) in [7, 11) is 0. The van der Waals surface area contributed by atoms with E-state index < -0.39 is 11.9 Å². The highest BCUT2D eigenvalue weighted by Gasteiger charge is 2.34. The summed E-state index contributed by atoms with van der Waals surface area (Å²) in [5.41, 5.74) is 13.0. The van der Waals surface area contributed by atoms with Crippen molar-refractivity contribution < 1.29 is 27.1 Å². The van der Waals surface area contributed by atoms with Crippen LogP contribution in [0, 0.1) is 0 Å². The zero-order valence-corrected chi connectivity index (χ0v) is 22.0. The number of alkyl halides is 3. The largest absolute Gasteiger partial charge is 0.489 e. The van der Waals surface area contributed by atoms with E-state index in [0.717, 1.165) is 11.8 Å². The molecule has 5 rings (SSSR count). The average molecular weight is 555 g/mol. The van der Waals surface area contributed by atoms with E-state index in [2.05, 4.69) is 14.9 Å². The number of oxazole rings is 1. The van der Waals surface area contributed by atoms with Crippen LogP contribution < -0.4 is 21.1 Å². The highest BCUT2D eigenvalue weighted by Crippen LogP contribution is 2.37. The number of hydrogen-bond donors (Lipinski definition) is 2. The van der Waals surface area contributed by atoms with Crippen molar-refractivity contribution in [2.24, 2.45) is 5.73 Å². The third-order valence-corrected chi connectivity index (χ3v) is 6.63. The summed E-state index contributed by atoms with van der Waals surface area (Å²) in [5, 5.41) is 0.337. The third kappa shape index (κ3) is 5.26. The van der Waals surface area contributed by atoms with Gasteiger partial charge in [0.05, 0.1) is 24.0 Å². The van der Waals surface area contributed by atoms with Gasteiger partial charge in [0, 0.05) is 37.1 Å². The molecule has 1 amide bonds. The van der Waals surface area contributed by atoms with Crippen LogP contribution in [0.4, 0.5) is 24.5 Å². The fraction of sp³-hybridized carbons (Fsp3) is 0.321. The number of carbonyl (C=O) groups is 1. The average Bonchev–Trinajstić information content (AvgIpc) is 3.36. The Bertz CT molecular complexity index is 1540. The van der Waals surface area contributed by atoms with Gasteiger partial charge in [-0.25, -0.2) is 9.97 Å². The highest BCUT2D eigenvalue weighted by molar-refractivity contribution is 5.98. The van der Waals surface area contributed by atoms with Gasteiger partial charge < -0.3 is 30.4 Å². The number of amides is 1. The molecule has 0 atom stereocenters. The van der Waals surface area contributed by atoms with E-state index in [0.29, 0.717) is 42.8 Å². The maximum atomic E-state index is 13.5. The smallest absolute Gasteiger partial charge is 0.433 e. The predicted molar refractivity (Wildman–Crippen MR) is 145 cm³/mol. The molecule has 210 valence electrons. The van der Waals surface area contributed by atoms with Gasteiger partial charge in [0.25, 0.3) is 5.91 Å². The number of fused-ring (bicyclic) bond motifs is 1. The molecule has 0 saturated carbocycles. The van der Waals surface area contributed by atoms with Gasteiger partial charge in [0.1, 0.15) is 17.0 Å². The number of benzene rings is 2. The first-order chi connectivity index (χ1) is 19.1. The van der Waals surface area contributed by atoms with Crippen molar-refractivity contribution in [3.05, 3.63) is 65.7 Å². The summed E-state index contributed by atoms with van der Waals surface area (Å²) >= 11 is 0. The van der Waals surface area contributed by atoms with Crippen LogP contribution in [0.25, 0.3) is 22.4 Å². The molecular formula is C28H29F3N6O3. The van der Waals surface area contributed by atoms with Gasteiger partial charge in [-0.15, -0.1) is 0 Å². The second kappa shape index (κ2) is 10.7. The van der Waals surface area contributed by atoms with E-state index in [1.165, 1.54) is 12.1 Å². The second-order valence-electron chi connectivity index (χ2n) is 9.70. The zero-order chi connectivity index (χ0) is 28.6. The van der Waals surface area contributed by atoms with Gasteiger partial charge in [0.15, 0.2) is 11.5 Å². The molecule has 12 heteroatoms. The van der Waals surface area contributed by atoms with Crippen molar-refractivity contribution in [2.45, 2.75) is 32.7 Å². The standard InChI is InChI=1S/C28H29F3N6O3/c1-16(2)39-21-9-7-18(17-8-10-23(28(29,30)31)34-24(17)21)26-35-25(22(15-32)40-26)27(38)37-13-11-36(12-14-37)20-6-4-3-5-19(20)33/h3-10,16H,11-15,32-33H2,1-2H3. The molecule has 2 aromatic carbocycles. The fourth-order valence-corrected chi connectivity index (χ4v) is 4.73. The maximum absolute atomic E-state index is 13.5. The maximum Gasteiger partial charge on any atom is 0.433 e. The summed E-state index contributed by atoms with van der Waals surface area (Å²) in [6.07, 6.45) is -4.93. The number of halogens is 3. The molecule has 9 nitrogen and oxygen atoms in total. The first kappa shape index (κ1) is 27.3. The number of ether oxygens (including phenoxy) is 1. The summed E-state index contributed by atoms with van der Waals surface area (Å²) < 4.78 is 51.9. The molecule has 0 aliphatic carbocycles. The van der Waals surface area contributed by atoms with Crippen LogP contribution in [-0.4, -0.2) is 53.1 Å². The molecule has 0 bridgehead atoms. The normalized spacial score (nSPS) is 14.3. The minimum absolute atomic E-state index is 0.0118. The van der Waals surface area contributed by atoms with Gasteiger partial charge >= 0.3 is 6.18 Å². The van der Waals surface area contributed by atoms with Crippen LogP contribution in [0.15, 0.2) is 52.9 Å². The number of hydrogen-bond acceptors (Lipinski definition) is 8. The Morgan fingerprint density at radius 2 is 1.77 bits per heavy atom. The summed E-state index contributed by atoms with van der Waals surface area (Å²) in [6.45, 7) is 5.48. The molecule has 0 unspecified atom stereocenters. The van der Waals surface area contributed by atoms with Gasteiger partial charge in [-0.2, -0.15) is 13.2 Å². The molecule has 0 radical (unpaired) electrons. The number of anilines is 2. The van der Waals surface area contributed by atoms with E-state index in [-0.39, 0.29) is 47.2 Å². The van der Waals surface area contributed by atoms with Crippen LogP contribution in [-0.2, 0) is 12.7 Å². The Hall–Kier alpha value is -4.32. The molecule has 1 aliphatic heterocycles. The minimum atomic E-state index is -4.63. The third-order valence-electron chi connectivity index (χ3n) is 6.63. The van der Waals surface area contributed by atoms with E-state index in [9.17, 15) is 18.0 Å². The van der Waals surface area contributed by atoms with Crippen LogP contribution in [0.2, 0.25) is 0 Å². The summed E-state index contributed by atoms with van der Waals surface area (Å²) in [4.78, 5) is 25.6. The number of aromatic nitrogens is 2. The number of nitrogens with two attached hydrogens (primary N) is 2. The lowest BCUT2D eigenvalue weighted by Gasteiger charge is -2.36. The van der Waals surface area contributed by atoms with Crippen LogP contribution in [0.5, 0.6) is 5.75 Å². The molecule has 4 aromatic rings. The molecule has 2 aromatic heterocycles. The number of para-hydroxylation sites is 2. The molecule has 0 spiro atoms. The van der Waals surface area contributed by atoms with Crippen LogP contribution in [0.3, 0.4) is 0 Å². The number of piperazine rings is 1. The lowest BCUT2D eigenvalue weighted by molar-refractivity contribution is -0.140. The summed E-state index contributed by atoms with van der Waals surface area (Å²) in [6, 6.07) is 12.9. The first-order valence-corrected chi connectivity index (χ1v) is 12.8. The van der Waals surface area contributed by atoms with Gasteiger partial charge in [-0.3, -0.25) is 4.79 Å². The quantitative estimate of drug-likeness (QED) is 0.329. The SMILES string of the molecule is CC(C)Oc1ccc(-c2nc(C(=O)N3CCN(c4ccccc4N)CC3)c(CN)o2)c2ccc(C(F)(F)F)nc12. The van der Waals surface area contributed by atoms with Crippen molar-refractivity contribution in [3.8, 4) is 17.2 Å². The molecule has 40 heavy (non-hydrogen) atoms. The number of pyridine rings is 1. The lowest BCUT2D eigenvalue weighted by atomic mass is 10.1. The van der Waals surface area contributed by atoms with Crippen molar-refractivity contribution in [2.75, 3.05) is 36.8 Å². The highest BCUT2D eigenvalue weighted by atomic mass is 19.4. The Morgan fingerprint density at radius 1 is 1.05 bits per heavy atom. The molecular weight excluding hydrogens is 525 g/mol. The van der Waals surface area contributed by atoms with E-state index in [1.54, 1.807) is 24.8 Å². The molecule has 3 heterocycles. The van der Waals surface area contributed by atoms with Crippen molar-refractivity contribution in [1.82, 2.24) is 14.9 Å². The number of nitrogen functional groups attached to an aromatic ring is 1. The van der Waals surface area contributed by atoms with Crippen molar-refractivity contribution in [1.29, 1.82) is 0 Å². The first-order valence-electron chi connectivity index (χ1n) is 12.8. The second-order valence-corrected chi connectivity index (χ2v) is 9.70. The zero-order valence-electron chi connectivity index (χ0n) is 22.0. The summed E-state index contributed by atoms with van der Waals surface area (Å²) in [5.74, 6) is 0.101. The number of nitrogens with zero attached hydrogens (tertiary/aromatic N) is 4. The lowest BCUT2D eigenvalue weighted by Crippen LogP contribution is -2.49. The van der Waals surface area contributed by atoms with Crippen molar-refractivity contribution in [3.63, 3.8) is 0 Å². The minimum Gasteiger partial charge on any atom is -0.489 e. The van der Waals surface area contributed by atoms with Crippen LogP contribution in [0.1, 0.15) is 35.8 Å².